The molecule has 1 aliphatic rings. The van der Waals surface area contributed by atoms with Gasteiger partial charge in [0.25, 0.3) is 0 Å². The number of benzene rings is 1. The molecule has 0 amide bonds. The Labute approximate surface area is 95.1 Å². The predicted molar refractivity (Wildman–Crippen MR) is 59.8 cm³/mol. The van der Waals surface area contributed by atoms with Crippen molar-refractivity contribution in [1.29, 1.82) is 0 Å². The van der Waals surface area contributed by atoms with Gasteiger partial charge >= 0.3 is 0 Å². The molecule has 16 heavy (non-hydrogen) atoms. The van der Waals surface area contributed by atoms with Crippen molar-refractivity contribution >= 4 is 0 Å². The van der Waals surface area contributed by atoms with Crippen molar-refractivity contribution in [3.05, 3.63) is 34.6 Å². The van der Waals surface area contributed by atoms with Gasteiger partial charge in [0, 0.05) is 12.5 Å². The Hall–Kier alpha value is -0.930. The fourth-order valence-electron chi connectivity index (χ4n) is 2.43. The molecule has 0 aliphatic carbocycles. The minimum absolute atomic E-state index is 0.142. The highest BCUT2D eigenvalue weighted by Crippen LogP contribution is 2.32. The molecule has 1 heterocycles. The van der Waals surface area contributed by atoms with Gasteiger partial charge in [-0.25, -0.2) is 4.39 Å². The number of aryl methyl sites for hydroxylation is 2. The molecule has 0 aromatic heterocycles. The Bertz CT molecular complexity index is 361. The van der Waals surface area contributed by atoms with Gasteiger partial charge < -0.3 is 9.84 Å². The van der Waals surface area contributed by atoms with E-state index in [1.54, 1.807) is 0 Å². The molecule has 2 atom stereocenters. The Morgan fingerprint density at radius 3 is 2.50 bits per heavy atom. The number of aliphatic hydroxyl groups excluding tert-OH is 1. The van der Waals surface area contributed by atoms with Crippen LogP contribution in [0.5, 0.6) is 0 Å². The summed E-state index contributed by atoms with van der Waals surface area (Å²) in [7, 11) is 0. The van der Waals surface area contributed by atoms with E-state index in [0.717, 1.165) is 23.1 Å². The summed E-state index contributed by atoms with van der Waals surface area (Å²) in [6.07, 6.45) is 0.334. The first-order chi connectivity index (χ1) is 7.59. The van der Waals surface area contributed by atoms with Crippen molar-refractivity contribution < 1.29 is 14.2 Å². The lowest BCUT2D eigenvalue weighted by Gasteiger charge is -2.21. The van der Waals surface area contributed by atoms with Crippen LogP contribution in [0.25, 0.3) is 0 Å². The lowest BCUT2D eigenvalue weighted by Crippen LogP contribution is -2.15. The fourth-order valence-corrected chi connectivity index (χ4v) is 2.43. The molecule has 1 aliphatic heterocycles. The van der Waals surface area contributed by atoms with Crippen molar-refractivity contribution in [2.75, 3.05) is 13.2 Å². The van der Waals surface area contributed by atoms with Crippen LogP contribution in [-0.2, 0) is 4.74 Å². The number of aliphatic hydroxyl groups is 1. The van der Waals surface area contributed by atoms with Crippen LogP contribution in [0.1, 0.15) is 29.2 Å². The molecular formula is C13H17FO2. The Morgan fingerprint density at radius 1 is 1.38 bits per heavy atom. The first-order valence-electron chi connectivity index (χ1n) is 5.62. The summed E-state index contributed by atoms with van der Waals surface area (Å²) in [5.74, 6) is -0.100. The zero-order valence-corrected chi connectivity index (χ0v) is 9.66. The summed E-state index contributed by atoms with van der Waals surface area (Å²) >= 11 is 0. The summed E-state index contributed by atoms with van der Waals surface area (Å²) in [5, 5.41) is 10.3. The SMILES string of the molecule is Cc1cc(F)cc(C)c1C(O)C1CCOC1. The molecular weight excluding hydrogens is 207 g/mol. The summed E-state index contributed by atoms with van der Waals surface area (Å²) in [4.78, 5) is 0. The maximum Gasteiger partial charge on any atom is 0.123 e. The van der Waals surface area contributed by atoms with E-state index in [-0.39, 0.29) is 11.7 Å². The van der Waals surface area contributed by atoms with Gasteiger partial charge in [-0.1, -0.05) is 0 Å². The van der Waals surface area contributed by atoms with Crippen LogP contribution in [-0.4, -0.2) is 18.3 Å². The first-order valence-corrected chi connectivity index (χ1v) is 5.62. The topological polar surface area (TPSA) is 29.5 Å². The zero-order valence-electron chi connectivity index (χ0n) is 9.66. The van der Waals surface area contributed by atoms with E-state index in [0.29, 0.717) is 13.2 Å². The average molecular weight is 224 g/mol. The molecule has 2 unspecified atom stereocenters. The third-order valence-electron chi connectivity index (χ3n) is 3.27. The summed E-state index contributed by atoms with van der Waals surface area (Å²) in [6.45, 7) is 4.98. The zero-order chi connectivity index (χ0) is 11.7. The van der Waals surface area contributed by atoms with E-state index < -0.39 is 6.10 Å². The monoisotopic (exact) mass is 224 g/mol. The highest BCUT2D eigenvalue weighted by atomic mass is 19.1. The third kappa shape index (κ3) is 2.11. The molecule has 0 spiro atoms. The second-order valence-corrected chi connectivity index (χ2v) is 4.52. The molecule has 1 saturated heterocycles. The van der Waals surface area contributed by atoms with E-state index in [1.165, 1.54) is 12.1 Å². The van der Waals surface area contributed by atoms with E-state index in [2.05, 4.69) is 0 Å². The van der Waals surface area contributed by atoms with Crippen LogP contribution in [0.15, 0.2) is 12.1 Å². The van der Waals surface area contributed by atoms with Crippen LogP contribution in [0, 0.1) is 25.6 Å². The highest BCUT2D eigenvalue weighted by molar-refractivity contribution is 5.36. The van der Waals surface area contributed by atoms with Gasteiger partial charge in [-0.2, -0.15) is 0 Å². The minimum Gasteiger partial charge on any atom is -0.388 e. The number of hydrogen-bond donors (Lipinski definition) is 1. The van der Waals surface area contributed by atoms with E-state index in [9.17, 15) is 9.50 Å². The Balaban J connectivity index is 2.31. The average Bonchev–Trinajstić information content (AvgIpc) is 2.67. The third-order valence-corrected chi connectivity index (χ3v) is 3.27. The number of ether oxygens (including phenoxy) is 1. The van der Waals surface area contributed by atoms with Crippen LogP contribution >= 0.6 is 0 Å². The second kappa shape index (κ2) is 4.52. The molecule has 88 valence electrons. The number of halogens is 1. The molecule has 1 fully saturated rings. The molecule has 3 heteroatoms. The molecule has 0 saturated carbocycles. The molecule has 0 radical (unpaired) electrons. The lowest BCUT2D eigenvalue weighted by molar-refractivity contribution is 0.0908. The van der Waals surface area contributed by atoms with Gasteiger partial charge in [-0.3, -0.25) is 0 Å². The quantitative estimate of drug-likeness (QED) is 0.836. The molecule has 1 aromatic rings. The number of hydrogen-bond acceptors (Lipinski definition) is 2. The smallest absolute Gasteiger partial charge is 0.123 e. The van der Waals surface area contributed by atoms with Crippen molar-refractivity contribution in [2.45, 2.75) is 26.4 Å². The first kappa shape index (κ1) is 11.6. The molecule has 1 N–H and O–H groups in total. The lowest BCUT2D eigenvalue weighted by atomic mass is 9.89. The van der Waals surface area contributed by atoms with Crippen molar-refractivity contribution in [3.8, 4) is 0 Å². The summed E-state index contributed by atoms with van der Waals surface area (Å²) in [5.41, 5.74) is 2.49. The molecule has 0 bridgehead atoms. The van der Waals surface area contributed by atoms with E-state index in [4.69, 9.17) is 4.74 Å². The van der Waals surface area contributed by atoms with Crippen LogP contribution < -0.4 is 0 Å². The van der Waals surface area contributed by atoms with Gasteiger partial charge in [0.05, 0.1) is 12.7 Å². The second-order valence-electron chi connectivity index (χ2n) is 4.52. The minimum atomic E-state index is -0.539. The fraction of sp³-hybridized carbons (Fsp3) is 0.538. The van der Waals surface area contributed by atoms with Gasteiger partial charge in [0.15, 0.2) is 0 Å². The van der Waals surface area contributed by atoms with Crippen molar-refractivity contribution in [1.82, 2.24) is 0 Å². The molecule has 1 aromatic carbocycles. The van der Waals surface area contributed by atoms with Crippen LogP contribution in [0.3, 0.4) is 0 Å². The van der Waals surface area contributed by atoms with Gasteiger partial charge in [-0.15, -0.1) is 0 Å². The van der Waals surface area contributed by atoms with Crippen molar-refractivity contribution in [2.24, 2.45) is 5.92 Å². The van der Waals surface area contributed by atoms with Gasteiger partial charge in [-0.05, 0) is 49.1 Å². The summed E-state index contributed by atoms with van der Waals surface area (Å²) < 4.78 is 18.4. The predicted octanol–water partition coefficient (Wildman–Crippen LogP) is 2.51. The largest absolute Gasteiger partial charge is 0.388 e. The Kier molecular flexibility index (Phi) is 3.26. The number of rotatable bonds is 2. The highest BCUT2D eigenvalue weighted by Gasteiger charge is 2.27. The Morgan fingerprint density at radius 2 is 2.00 bits per heavy atom. The maximum atomic E-state index is 13.1. The van der Waals surface area contributed by atoms with Crippen LogP contribution in [0.4, 0.5) is 4.39 Å². The van der Waals surface area contributed by atoms with Gasteiger partial charge in [0.1, 0.15) is 5.82 Å². The maximum absolute atomic E-state index is 13.1. The molecule has 2 rings (SSSR count). The van der Waals surface area contributed by atoms with Gasteiger partial charge in [0.2, 0.25) is 0 Å². The van der Waals surface area contributed by atoms with E-state index in [1.807, 2.05) is 13.8 Å². The molecule has 2 nitrogen and oxygen atoms in total. The van der Waals surface area contributed by atoms with Crippen molar-refractivity contribution in [3.63, 3.8) is 0 Å². The summed E-state index contributed by atoms with van der Waals surface area (Å²) in [6, 6.07) is 2.95. The standard InChI is InChI=1S/C13H17FO2/c1-8-5-11(14)6-9(2)12(8)13(15)10-3-4-16-7-10/h5-6,10,13,15H,3-4,7H2,1-2H3. The van der Waals surface area contributed by atoms with Crippen LogP contribution in [0.2, 0.25) is 0 Å². The normalized spacial score (nSPS) is 22.4. The van der Waals surface area contributed by atoms with E-state index >= 15 is 0 Å².